The highest BCUT2D eigenvalue weighted by molar-refractivity contribution is 8.00. The predicted octanol–water partition coefficient (Wildman–Crippen LogP) is 3.95. The number of hydrogen-bond acceptors (Lipinski definition) is 3. The van der Waals surface area contributed by atoms with Gasteiger partial charge in [-0.3, -0.25) is 0 Å². The van der Waals surface area contributed by atoms with Gasteiger partial charge in [0.1, 0.15) is 5.75 Å². The Labute approximate surface area is 126 Å². The summed E-state index contributed by atoms with van der Waals surface area (Å²) < 4.78 is 5.38. The molecule has 0 spiro atoms. The van der Waals surface area contributed by atoms with Crippen LogP contribution < -0.4 is 10.1 Å². The molecule has 1 saturated carbocycles. The van der Waals surface area contributed by atoms with Gasteiger partial charge in [-0.05, 0) is 49.6 Å². The fraction of sp³-hybridized carbons (Fsp3) is 0.647. The minimum Gasteiger partial charge on any atom is -0.497 e. The zero-order valence-corrected chi connectivity index (χ0v) is 13.3. The van der Waals surface area contributed by atoms with Crippen molar-refractivity contribution in [3.8, 4) is 5.75 Å². The second kappa shape index (κ2) is 6.40. The lowest BCUT2D eigenvalue weighted by molar-refractivity contribution is 0.413. The van der Waals surface area contributed by atoms with Gasteiger partial charge in [-0.2, -0.15) is 11.8 Å². The first-order chi connectivity index (χ1) is 9.81. The molecule has 0 aliphatic heterocycles. The van der Waals surface area contributed by atoms with Crippen molar-refractivity contribution in [2.24, 2.45) is 0 Å². The molecule has 110 valence electrons. The van der Waals surface area contributed by atoms with Crippen LogP contribution in [0.2, 0.25) is 0 Å². The Balaban J connectivity index is 1.74. The summed E-state index contributed by atoms with van der Waals surface area (Å²) in [6, 6.07) is 7.05. The van der Waals surface area contributed by atoms with Crippen LogP contribution in [0.1, 0.15) is 49.3 Å². The van der Waals surface area contributed by atoms with Crippen molar-refractivity contribution in [3.63, 3.8) is 0 Å². The molecule has 1 fully saturated rings. The van der Waals surface area contributed by atoms with Gasteiger partial charge in [0.2, 0.25) is 0 Å². The highest BCUT2D eigenvalue weighted by Crippen LogP contribution is 2.43. The molecule has 2 aliphatic rings. The molecule has 0 saturated heterocycles. The number of benzene rings is 1. The molecule has 20 heavy (non-hydrogen) atoms. The van der Waals surface area contributed by atoms with Gasteiger partial charge < -0.3 is 10.1 Å². The first-order valence-corrected chi connectivity index (χ1v) is 8.75. The normalized spacial score (nSPS) is 26.5. The van der Waals surface area contributed by atoms with Crippen molar-refractivity contribution < 1.29 is 4.74 Å². The first-order valence-electron chi connectivity index (χ1n) is 7.81. The zero-order chi connectivity index (χ0) is 13.9. The van der Waals surface area contributed by atoms with E-state index >= 15 is 0 Å². The number of hydrogen-bond donors (Lipinski definition) is 1. The summed E-state index contributed by atoms with van der Waals surface area (Å²) >= 11 is 2.23. The summed E-state index contributed by atoms with van der Waals surface area (Å²) in [5.74, 6) is 0.979. The van der Waals surface area contributed by atoms with E-state index in [4.69, 9.17) is 4.74 Å². The van der Waals surface area contributed by atoms with Crippen molar-refractivity contribution in [1.82, 2.24) is 5.32 Å². The maximum Gasteiger partial charge on any atom is 0.119 e. The van der Waals surface area contributed by atoms with Crippen molar-refractivity contribution in [2.45, 2.75) is 55.1 Å². The second-order valence-electron chi connectivity index (χ2n) is 5.97. The third-order valence-electron chi connectivity index (χ3n) is 4.71. The quantitative estimate of drug-likeness (QED) is 0.907. The summed E-state index contributed by atoms with van der Waals surface area (Å²) in [6.07, 6.45) is 8.32. The van der Waals surface area contributed by atoms with Crippen molar-refractivity contribution in [2.75, 3.05) is 14.2 Å². The molecule has 1 aromatic rings. The summed E-state index contributed by atoms with van der Waals surface area (Å²) in [7, 11) is 3.84. The van der Waals surface area contributed by atoms with Gasteiger partial charge in [-0.15, -0.1) is 0 Å². The van der Waals surface area contributed by atoms with Crippen LogP contribution in [-0.2, 0) is 6.42 Å². The molecule has 0 heterocycles. The monoisotopic (exact) mass is 291 g/mol. The van der Waals surface area contributed by atoms with Crippen LogP contribution in [0.25, 0.3) is 0 Å². The SMILES string of the molecule is CNC1c2cc(OC)ccc2CC1SC1CCCCC1. The second-order valence-corrected chi connectivity index (χ2v) is 7.51. The van der Waals surface area contributed by atoms with Crippen LogP contribution in [-0.4, -0.2) is 24.7 Å². The highest BCUT2D eigenvalue weighted by Gasteiger charge is 2.34. The van der Waals surface area contributed by atoms with Crippen LogP contribution in [0, 0.1) is 0 Å². The van der Waals surface area contributed by atoms with E-state index in [9.17, 15) is 0 Å². The van der Waals surface area contributed by atoms with Gasteiger partial charge in [0.05, 0.1) is 7.11 Å². The van der Waals surface area contributed by atoms with E-state index < -0.39 is 0 Å². The Hall–Kier alpha value is -0.670. The molecule has 2 atom stereocenters. The lowest BCUT2D eigenvalue weighted by Crippen LogP contribution is -2.26. The average molecular weight is 291 g/mol. The Kier molecular flexibility index (Phi) is 4.57. The van der Waals surface area contributed by atoms with Gasteiger partial charge in [-0.1, -0.05) is 25.3 Å². The van der Waals surface area contributed by atoms with Gasteiger partial charge in [0.25, 0.3) is 0 Å². The summed E-state index contributed by atoms with van der Waals surface area (Å²) in [5.41, 5.74) is 2.94. The van der Waals surface area contributed by atoms with Crippen molar-refractivity contribution in [3.05, 3.63) is 29.3 Å². The van der Waals surface area contributed by atoms with Crippen LogP contribution in [0.4, 0.5) is 0 Å². The lowest BCUT2D eigenvalue weighted by atomic mass is 10.0. The number of fused-ring (bicyclic) bond motifs is 1. The molecule has 2 aliphatic carbocycles. The molecule has 0 bridgehead atoms. The fourth-order valence-electron chi connectivity index (χ4n) is 3.63. The van der Waals surface area contributed by atoms with Gasteiger partial charge in [0.15, 0.2) is 0 Å². The number of methoxy groups -OCH3 is 1. The Morgan fingerprint density at radius 1 is 1.20 bits per heavy atom. The van der Waals surface area contributed by atoms with Crippen LogP contribution in [0.15, 0.2) is 18.2 Å². The molecule has 1 aromatic carbocycles. The summed E-state index contributed by atoms with van der Waals surface area (Å²) in [6.45, 7) is 0. The van der Waals surface area contributed by atoms with E-state index in [0.717, 1.165) is 11.0 Å². The largest absolute Gasteiger partial charge is 0.497 e. The molecular weight excluding hydrogens is 266 g/mol. The van der Waals surface area contributed by atoms with Crippen LogP contribution in [0.3, 0.4) is 0 Å². The number of thioether (sulfide) groups is 1. The van der Waals surface area contributed by atoms with Gasteiger partial charge >= 0.3 is 0 Å². The maximum atomic E-state index is 5.38. The van der Waals surface area contributed by atoms with Crippen LogP contribution >= 0.6 is 11.8 Å². The summed E-state index contributed by atoms with van der Waals surface area (Å²) in [4.78, 5) is 0. The van der Waals surface area contributed by atoms with Gasteiger partial charge in [0, 0.05) is 16.5 Å². The zero-order valence-electron chi connectivity index (χ0n) is 12.5. The van der Waals surface area contributed by atoms with E-state index in [2.05, 4.69) is 42.3 Å². The molecule has 0 amide bonds. The summed E-state index contributed by atoms with van der Waals surface area (Å²) in [5, 5.41) is 5.10. The van der Waals surface area contributed by atoms with Crippen molar-refractivity contribution in [1.29, 1.82) is 0 Å². The molecule has 0 radical (unpaired) electrons. The van der Waals surface area contributed by atoms with E-state index in [1.54, 1.807) is 7.11 Å². The molecule has 2 unspecified atom stereocenters. The Bertz CT molecular complexity index is 456. The fourth-order valence-corrected chi connectivity index (χ4v) is 5.44. The van der Waals surface area contributed by atoms with E-state index in [1.807, 2.05) is 0 Å². The standard InChI is InChI=1S/C17H25NOS/c1-18-17-15-11-13(19-2)9-8-12(15)10-16(17)20-14-6-4-3-5-7-14/h8-9,11,14,16-18H,3-7,10H2,1-2H3. The smallest absolute Gasteiger partial charge is 0.119 e. The maximum absolute atomic E-state index is 5.38. The third kappa shape index (κ3) is 2.84. The molecule has 3 heteroatoms. The van der Waals surface area contributed by atoms with E-state index in [1.165, 1.54) is 49.7 Å². The first kappa shape index (κ1) is 14.3. The number of ether oxygens (including phenoxy) is 1. The van der Waals surface area contributed by atoms with Crippen molar-refractivity contribution >= 4 is 11.8 Å². The lowest BCUT2D eigenvalue weighted by Gasteiger charge is -2.27. The highest BCUT2D eigenvalue weighted by atomic mass is 32.2. The molecule has 2 nitrogen and oxygen atoms in total. The number of rotatable bonds is 4. The Morgan fingerprint density at radius 2 is 2.00 bits per heavy atom. The minimum atomic E-state index is 0.479. The Morgan fingerprint density at radius 3 is 2.70 bits per heavy atom. The topological polar surface area (TPSA) is 21.3 Å². The van der Waals surface area contributed by atoms with E-state index in [0.29, 0.717) is 11.3 Å². The molecule has 3 rings (SSSR count). The number of nitrogens with one attached hydrogen (secondary N) is 1. The van der Waals surface area contributed by atoms with Gasteiger partial charge in [-0.25, -0.2) is 0 Å². The molecule has 1 N–H and O–H groups in total. The van der Waals surface area contributed by atoms with Crippen LogP contribution in [0.5, 0.6) is 5.75 Å². The third-order valence-corrected chi connectivity index (χ3v) is 6.36. The molecular formula is C17H25NOS. The molecule has 0 aromatic heterocycles. The minimum absolute atomic E-state index is 0.479. The predicted molar refractivity (Wildman–Crippen MR) is 86.8 cm³/mol. The average Bonchev–Trinajstić information content (AvgIpc) is 2.84. The van der Waals surface area contributed by atoms with E-state index in [-0.39, 0.29) is 0 Å².